The number of phenols is 1. The minimum absolute atomic E-state index is 0.299. The molecule has 1 heterocycles. The molecule has 0 amide bonds. The van der Waals surface area contributed by atoms with Gasteiger partial charge < -0.3 is 15.0 Å². The third-order valence-electron chi connectivity index (χ3n) is 2.47. The Morgan fingerprint density at radius 2 is 2.00 bits per heavy atom. The Balaban J connectivity index is 1.84. The molecule has 16 heavy (non-hydrogen) atoms. The Hall–Kier alpha value is -1.81. The molecule has 4 heteroatoms. The standard InChI is InChI=1S/C12H15N3O/c1-15-7-6-14-12(15)9-13-8-10-2-4-11(16)5-3-10/h2-7,13,16H,8-9H2,1H3. The first-order chi connectivity index (χ1) is 7.75. The summed E-state index contributed by atoms with van der Waals surface area (Å²) in [6, 6.07) is 7.19. The summed E-state index contributed by atoms with van der Waals surface area (Å²) in [5.41, 5.74) is 1.15. The van der Waals surface area contributed by atoms with E-state index in [9.17, 15) is 0 Å². The number of hydrogen-bond acceptors (Lipinski definition) is 3. The summed E-state index contributed by atoms with van der Waals surface area (Å²) in [4.78, 5) is 4.22. The molecule has 0 radical (unpaired) electrons. The van der Waals surface area contributed by atoms with Gasteiger partial charge in [0.05, 0.1) is 6.54 Å². The van der Waals surface area contributed by atoms with E-state index in [-0.39, 0.29) is 0 Å². The van der Waals surface area contributed by atoms with E-state index in [2.05, 4.69) is 10.3 Å². The maximum atomic E-state index is 9.13. The molecule has 84 valence electrons. The van der Waals surface area contributed by atoms with E-state index < -0.39 is 0 Å². The van der Waals surface area contributed by atoms with Crippen molar-refractivity contribution in [1.82, 2.24) is 14.9 Å². The lowest BCUT2D eigenvalue weighted by atomic mass is 10.2. The number of nitrogens with one attached hydrogen (secondary N) is 1. The van der Waals surface area contributed by atoms with Gasteiger partial charge in [-0.15, -0.1) is 0 Å². The summed E-state index contributed by atoms with van der Waals surface area (Å²) in [6.07, 6.45) is 3.72. The van der Waals surface area contributed by atoms with Gasteiger partial charge in [-0.2, -0.15) is 0 Å². The predicted molar refractivity (Wildman–Crippen MR) is 61.9 cm³/mol. The second kappa shape index (κ2) is 4.81. The molecule has 0 spiro atoms. The second-order valence-corrected chi connectivity index (χ2v) is 3.72. The van der Waals surface area contributed by atoms with Gasteiger partial charge in [-0.25, -0.2) is 4.98 Å². The third kappa shape index (κ3) is 2.61. The van der Waals surface area contributed by atoms with Crippen LogP contribution in [0.1, 0.15) is 11.4 Å². The first-order valence-corrected chi connectivity index (χ1v) is 5.20. The summed E-state index contributed by atoms with van der Waals surface area (Å²) in [6.45, 7) is 1.51. The van der Waals surface area contributed by atoms with E-state index in [1.165, 1.54) is 0 Å². The summed E-state index contributed by atoms with van der Waals surface area (Å²) in [5, 5.41) is 12.4. The van der Waals surface area contributed by atoms with E-state index in [0.717, 1.165) is 24.5 Å². The lowest BCUT2D eigenvalue weighted by Crippen LogP contribution is -2.15. The SMILES string of the molecule is Cn1ccnc1CNCc1ccc(O)cc1. The van der Waals surface area contributed by atoms with Crippen LogP contribution in [0.5, 0.6) is 5.75 Å². The third-order valence-corrected chi connectivity index (χ3v) is 2.47. The maximum Gasteiger partial charge on any atom is 0.122 e. The number of benzene rings is 1. The number of imidazole rings is 1. The molecule has 0 aliphatic carbocycles. The van der Waals surface area contributed by atoms with Gasteiger partial charge in [-0.05, 0) is 17.7 Å². The maximum absolute atomic E-state index is 9.13. The Kier molecular flexibility index (Phi) is 3.22. The molecule has 0 bridgehead atoms. The fraction of sp³-hybridized carbons (Fsp3) is 0.250. The number of aromatic hydroxyl groups is 1. The van der Waals surface area contributed by atoms with Crippen LogP contribution in [0.4, 0.5) is 0 Å². The van der Waals surface area contributed by atoms with E-state index in [0.29, 0.717) is 5.75 Å². The minimum Gasteiger partial charge on any atom is -0.508 e. The van der Waals surface area contributed by atoms with Crippen molar-refractivity contribution in [2.45, 2.75) is 13.1 Å². The highest BCUT2D eigenvalue weighted by atomic mass is 16.3. The molecule has 2 N–H and O–H groups in total. The Morgan fingerprint density at radius 1 is 1.25 bits per heavy atom. The summed E-state index contributed by atoms with van der Waals surface area (Å²) < 4.78 is 1.99. The van der Waals surface area contributed by atoms with Crippen molar-refractivity contribution in [3.8, 4) is 5.75 Å². The van der Waals surface area contributed by atoms with Gasteiger partial charge >= 0.3 is 0 Å². The highest BCUT2D eigenvalue weighted by Gasteiger charge is 1.98. The molecule has 2 aromatic rings. The highest BCUT2D eigenvalue weighted by Crippen LogP contribution is 2.09. The van der Waals surface area contributed by atoms with Crippen LogP contribution in [0.25, 0.3) is 0 Å². The molecular formula is C12H15N3O. The number of phenolic OH excluding ortho intramolecular Hbond substituents is 1. The number of hydrogen-bond donors (Lipinski definition) is 2. The van der Waals surface area contributed by atoms with Gasteiger partial charge in [0.25, 0.3) is 0 Å². The Bertz CT molecular complexity index is 448. The summed E-state index contributed by atoms with van der Waals surface area (Å²) in [7, 11) is 1.98. The zero-order chi connectivity index (χ0) is 11.4. The number of aryl methyl sites for hydroxylation is 1. The Morgan fingerprint density at radius 3 is 2.62 bits per heavy atom. The molecule has 2 rings (SSSR count). The molecule has 0 fully saturated rings. The number of aromatic nitrogens is 2. The average molecular weight is 217 g/mol. The van der Waals surface area contributed by atoms with Gasteiger partial charge in [0.15, 0.2) is 0 Å². The fourth-order valence-corrected chi connectivity index (χ4v) is 1.50. The second-order valence-electron chi connectivity index (χ2n) is 3.72. The summed E-state index contributed by atoms with van der Waals surface area (Å²) in [5.74, 6) is 1.31. The largest absolute Gasteiger partial charge is 0.508 e. The van der Waals surface area contributed by atoms with Crippen molar-refractivity contribution < 1.29 is 5.11 Å². The average Bonchev–Trinajstić information content (AvgIpc) is 2.68. The predicted octanol–water partition coefficient (Wildman–Crippen LogP) is 1.42. The van der Waals surface area contributed by atoms with Crippen LogP contribution < -0.4 is 5.32 Å². The van der Waals surface area contributed by atoms with Gasteiger partial charge in [0, 0.05) is 26.0 Å². The van der Waals surface area contributed by atoms with Crippen LogP contribution >= 0.6 is 0 Å². The lowest BCUT2D eigenvalue weighted by molar-refractivity contribution is 0.475. The van der Waals surface area contributed by atoms with Gasteiger partial charge in [-0.3, -0.25) is 0 Å². The number of nitrogens with zero attached hydrogens (tertiary/aromatic N) is 2. The van der Waals surface area contributed by atoms with E-state index in [1.807, 2.05) is 29.9 Å². The normalized spacial score (nSPS) is 10.6. The van der Waals surface area contributed by atoms with Gasteiger partial charge in [0.2, 0.25) is 0 Å². The molecule has 0 aliphatic rings. The molecule has 0 saturated heterocycles. The quantitative estimate of drug-likeness (QED) is 0.814. The molecular weight excluding hydrogens is 202 g/mol. The Labute approximate surface area is 94.6 Å². The number of rotatable bonds is 4. The lowest BCUT2D eigenvalue weighted by Gasteiger charge is -2.05. The molecule has 0 atom stereocenters. The van der Waals surface area contributed by atoms with E-state index in [1.54, 1.807) is 18.3 Å². The van der Waals surface area contributed by atoms with Crippen molar-refractivity contribution in [2.75, 3.05) is 0 Å². The first kappa shape index (κ1) is 10.7. The first-order valence-electron chi connectivity index (χ1n) is 5.20. The van der Waals surface area contributed by atoms with Crippen molar-refractivity contribution >= 4 is 0 Å². The van der Waals surface area contributed by atoms with E-state index in [4.69, 9.17) is 5.11 Å². The molecule has 0 unspecified atom stereocenters. The van der Waals surface area contributed by atoms with Crippen molar-refractivity contribution in [3.63, 3.8) is 0 Å². The van der Waals surface area contributed by atoms with Crippen molar-refractivity contribution in [3.05, 3.63) is 48.0 Å². The van der Waals surface area contributed by atoms with E-state index >= 15 is 0 Å². The van der Waals surface area contributed by atoms with Gasteiger partial charge in [-0.1, -0.05) is 12.1 Å². The van der Waals surface area contributed by atoms with Crippen LogP contribution in [0, 0.1) is 0 Å². The van der Waals surface area contributed by atoms with Crippen molar-refractivity contribution in [1.29, 1.82) is 0 Å². The topological polar surface area (TPSA) is 50.1 Å². The minimum atomic E-state index is 0.299. The smallest absolute Gasteiger partial charge is 0.122 e. The molecule has 4 nitrogen and oxygen atoms in total. The summed E-state index contributed by atoms with van der Waals surface area (Å²) >= 11 is 0. The molecule has 0 saturated carbocycles. The zero-order valence-electron chi connectivity index (χ0n) is 9.22. The van der Waals surface area contributed by atoms with Gasteiger partial charge in [0.1, 0.15) is 11.6 Å². The van der Waals surface area contributed by atoms with Crippen LogP contribution in [-0.4, -0.2) is 14.7 Å². The fourth-order valence-electron chi connectivity index (χ4n) is 1.50. The van der Waals surface area contributed by atoms with Crippen LogP contribution in [0.2, 0.25) is 0 Å². The van der Waals surface area contributed by atoms with Crippen molar-refractivity contribution in [2.24, 2.45) is 7.05 Å². The van der Waals surface area contributed by atoms with Crippen LogP contribution in [-0.2, 0) is 20.1 Å². The highest BCUT2D eigenvalue weighted by molar-refractivity contribution is 5.25. The monoisotopic (exact) mass is 217 g/mol. The van der Waals surface area contributed by atoms with Crippen LogP contribution in [0.3, 0.4) is 0 Å². The molecule has 0 aliphatic heterocycles. The zero-order valence-corrected chi connectivity index (χ0v) is 9.22. The molecule has 1 aromatic heterocycles. The molecule has 1 aromatic carbocycles. The van der Waals surface area contributed by atoms with Crippen LogP contribution in [0.15, 0.2) is 36.7 Å².